The van der Waals surface area contributed by atoms with Crippen LogP contribution in [0, 0.1) is 12.7 Å². The number of methoxy groups -OCH3 is 1. The first-order chi connectivity index (χ1) is 16.2. The molecule has 2 aromatic carbocycles. The Hall–Kier alpha value is -2.21. The zero-order valence-electron chi connectivity index (χ0n) is 18.6. The van der Waals surface area contributed by atoms with Crippen LogP contribution in [0.4, 0.5) is 4.39 Å². The number of hydrogen-bond acceptors (Lipinski definition) is 8. The molecule has 0 bridgehead atoms. The largest absolute Gasteiger partial charge is 0.394 e. The average molecular weight is 491 g/mol. The Labute approximate surface area is 200 Å². The van der Waals surface area contributed by atoms with Gasteiger partial charge < -0.3 is 35.0 Å². The van der Waals surface area contributed by atoms with Crippen molar-refractivity contribution in [1.29, 1.82) is 0 Å². The van der Waals surface area contributed by atoms with E-state index in [1.54, 1.807) is 36.4 Å². The molecule has 0 radical (unpaired) electrons. The van der Waals surface area contributed by atoms with Crippen molar-refractivity contribution in [3.05, 3.63) is 82.0 Å². The van der Waals surface area contributed by atoms with Gasteiger partial charge in [0.2, 0.25) is 5.79 Å². The Morgan fingerprint density at radius 1 is 1.06 bits per heavy atom. The molecular formula is C25H27FO7S. The minimum Gasteiger partial charge on any atom is -0.394 e. The first kappa shape index (κ1) is 24.9. The molecular weight excluding hydrogens is 463 g/mol. The Morgan fingerprint density at radius 3 is 2.41 bits per heavy atom. The maximum Gasteiger partial charge on any atom is 0.224 e. The van der Waals surface area contributed by atoms with Crippen molar-refractivity contribution in [2.75, 3.05) is 13.7 Å². The molecule has 1 saturated heterocycles. The van der Waals surface area contributed by atoms with Crippen molar-refractivity contribution >= 4 is 11.3 Å². The van der Waals surface area contributed by atoms with Crippen LogP contribution in [-0.2, 0) is 15.3 Å². The number of thiophene rings is 1. The van der Waals surface area contributed by atoms with Gasteiger partial charge in [-0.1, -0.05) is 24.3 Å². The van der Waals surface area contributed by atoms with Crippen LogP contribution in [0.25, 0.3) is 10.4 Å². The van der Waals surface area contributed by atoms with Crippen LogP contribution in [0.15, 0.2) is 54.6 Å². The second-order valence-corrected chi connectivity index (χ2v) is 9.43. The molecule has 0 saturated carbocycles. The summed E-state index contributed by atoms with van der Waals surface area (Å²) in [6.45, 7) is 1.22. The first-order valence-electron chi connectivity index (χ1n) is 10.7. The third-order valence-electron chi connectivity index (χ3n) is 6.25. The summed E-state index contributed by atoms with van der Waals surface area (Å²) in [4.78, 5) is 1.52. The molecule has 1 fully saturated rings. The molecule has 1 aliphatic heterocycles. The van der Waals surface area contributed by atoms with E-state index in [1.807, 2.05) is 13.0 Å². The van der Waals surface area contributed by atoms with Crippen molar-refractivity contribution in [2.45, 2.75) is 43.2 Å². The molecule has 0 aliphatic carbocycles. The van der Waals surface area contributed by atoms with Gasteiger partial charge in [-0.25, -0.2) is 4.39 Å². The Morgan fingerprint density at radius 2 is 1.76 bits per heavy atom. The molecule has 0 amide bonds. The van der Waals surface area contributed by atoms with Crippen molar-refractivity contribution in [1.82, 2.24) is 0 Å². The summed E-state index contributed by atoms with van der Waals surface area (Å²) in [5, 5.41) is 52.0. The maximum atomic E-state index is 13.3. The monoisotopic (exact) mass is 490 g/mol. The zero-order chi connectivity index (χ0) is 24.6. The van der Waals surface area contributed by atoms with Gasteiger partial charge in [-0.3, -0.25) is 0 Å². The highest BCUT2D eigenvalue weighted by Gasteiger charge is 2.55. The number of halogens is 1. The molecule has 3 aromatic rings. The summed E-state index contributed by atoms with van der Waals surface area (Å²) in [5.74, 6) is -2.20. The van der Waals surface area contributed by atoms with Gasteiger partial charge in [-0.05, 0) is 53.9 Å². The van der Waals surface area contributed by atoms with Crippen LogP contribution < -0.4 is 0 Å². The second-order valence-electron chi connectivity index (χ2n) is 8.32. The number of rotatable bonds is 6. The van der Waals surface area contributed by atoms with Crippen molar-refractivity contribution < 1.29 is 39.4 Å². The van der Waals surface area contributed by atoms with Gasteiger partial charge in [0.05, 0.1) is 6.61 Å². The van der Waals surface area contributed by atoms with E-state index in [0.29, 0.717) is 16.0 Å². The Kier molecular flexibility index (Phi) is 7.18. The lowest BCUT2D eigenvalue weighted by molar-refractivity contribution is -0.366. The van der Waals surface area contributed by atoms with E-state index in [1.165, 1.54) is 30.6 Å². The molecule has 1 aromatic heterocycles. The number of ether oxygens (including phenoxy) is 2. The number of aliphatic hydroxyl groups is 5. The standard InChI is InChI=1S/C25H27FO7S/c1-13-3-6-15(25(32-2)24(31)23(30)22(29)18(12-27)33-25)11-17(13)21(28)20-10-9-19(34-20)14-4-7-16(26)8-5-14/h3-11,18,21-24,27-31H,12H2,1-2H3/t18-,21?,22-,23+,24-,25?/m1/s1. The molecule has 182 valence electrons. The van der Waals surface area contributed by atoms with Gasteiger partial charge in [0.1, 0.15) is 36.3 Å². The van der Waals surface area contributed by atoms with Crippen LogP contribution in [0.1, 0.15) is 27.7 Å². The fourth-order valence-electron chi connectivity index (χ4n) is 4.24. The van der Waals surface area contributed by atoms with E-state index in [-0.39, 0.29) is 5.82 Å². The van der Waals surface area contributed by atoms with Crippen LogP contribution in [0.5, 0.6) is 0 Å². The van der Waals surface area contributed by atoms with Crippen molar-refractivity contribution in [3.8, 4) is 10.4 Å². The predicted molar refractivity (Wildman–Crippen MR) is 124 cm³/mol. The zero-order valence-corrected chi connectivity index (χ0v) is 19.4. The molecule has 2 heterocycles. The molecule has 4 rings (SSSR count). The van der Waals surface area contributed by atoms with Crippen LogP contribution >= 0.6 is 11.3 Å². The van der Waals surface area contributed by atoms with Gasteiger partial charge in [0.25, 0.3) is 0 Å². The van der Waals surface area contributed by atoms with Gasteiger partial charge in [-0.2, -0.15) is 0 Å². The lowest BCUT2D eigenvalue weighted by Crippen LogP contribution is -2.64. The summed E-state index contributed by atoms with van der Waals surface area (Å²) < 4.78 is 24.5. The van der Waals surface area contributed by atoms with E-state index in [2.05, 4.69) is 0 Å². The summed E-state index contributed by atoms with van der Waals surface area (Å²) in [6, 6.07) is 14.7. The summed E-state index contributed by atoms with van der Waals surface area (Å²) in [6.07, 6.45) is -7.00. The minimum absolute atomic E-state index is 0.307. The number of aliphatic hydroxyl groups excluding tert-OH is 5. The van der Waals surface area contributed by atoms with Gasteiger partial charge in [0, 0.05) is 22.4 Å². The predicted octanol–water partition coefficient (Wildman–Crippen LogP) is 2.22. The van der Waals surface area contributed by atoms with Gasteiger partial charge in [0.15, 0.2) is 0 Å². The van der Waals surface area contributed by atoms with Crippen LogP contribution in [0.3, 0.4) is 0 Å². The van der Waals surface area contributed by atoms with Crippen LogP contribution in [-0.4, -0.2) is 63.7 Å². The van der Waals surface area contributed by atoms with E-state index in [9.17, 15) is 29.9 Å². The molecule has 9 heteroatoms. The Bertz CT molecular complexity index is 1130. The van der Waals surface area contributed by atoms with E-state index in [0.717, 1.165) is 16.0 Å². The van der Waals surface area contributed by atoms with E-state index in [4.69, 9.17) is 9.47 Å². The molecule has 0 spiro atoms. The number of benzene rings is 2. The quantitative estimate of drug-likeness (QED) is 0.359. The highest BCUT2D eigenvalue weighted by molar-refractivity contribution is 7.15. The molecule has 2 unspecified atom stereocenters. The van der Waals surface area contributed by atoms with Crippen molar-refractivity contribution in [3.63, 3.8) is 0 Å². The molecule has 5 N–H and O–H groups in total. The summed E-state index contributed by atoms with van der Waals surface area (Å²) in [7, 11) is 1.28. The Balaban J connectivity index is 1.70. The fourth-order valence-corrected chi connectivity index (χ4v) is 5.26. The van der Waals surface area contributed by atoms with Gasteiger partial charge >= 0.3 is 0 Å². The SMILES string of the molecule is COC1(c2ccc(C)c(C(O)c3ccc(-c4ccc(F)cc4)s3)c2)O[C@H](CO)[C@@H](O)[C@H](O)[C@H]1O. The van der Waals surface area contributed by atoms with Gasteiger partial charge in [-0.15, -0.1) is 11.3 Å². The maximum absolute atomic E-state index is 13.3. The topological polar surface area (TPSA) is 120 Å². The van der Waals surface area contributed by atoms with Crippen LogP contribution in [0.2, 0.25) is 0 Å². The molecule has 1 aliphatic rings. The normalized spacial score (nSPS) is 28.1. The summed E-state index contributed by atoms with van der Waals surface area (Å²) >= 11 is 1.36. The first-order valence-corrected chi connectivity index (χ1v) is 11.6. The lowest BCUT2D eigenvalue weighted by Gasteiger charge is -2.47. The molecule has 6 atom stereocenters. The third kappa shape index (κ3) is 4.30. The molecule has 7 nitrogen and oxygen atoms in total. The lowest BCUT2D eigenvalue weighted by atomic mass is 9.86. The van der Waals surface area contributed by atoms with E-state index >= 15 is 0 Å². The molecule has 34 heavy (non-hydrogen) atoms. The number of hydrogen-bond donors (Lipinski definition) is 5. The minimum atomic E-state index is -1.87. The highest BCUT2D eigenvalue weighted by Crippen LogP contribution is 2.42. The van der Waals surface area contributed by atoms with E-state index < -0.39 is 42.9 Å². The smallest absolute Gasteiger partial charge is 0.224 e. The number of aryl methyl sites for hydroxylation is 1. The third-order valence-corrected chi connectivity index (χ3v) is 7.44. The average Bonchev–Trinajstić information content (AvgIpc) is 3.34. The van der Waals surface area contributed by atoms with Crippen molar-refractivity contribution in [2.24, 2.45) is 0 Å². The summed E-state index contributed by atoms with van der Waals surface area (Å²) in [5.41, 5.74) is 2.43. The fraction of sp³-hybridized carbons (Fsp3) is 0.360. The second kappa shape index (κ2) is 9.80. The highest BCUT2D eigenvalue weighted by atomic mass is 32.1.